The van der Waals surface area contributed by atoms with E-state index in [0.29, 0.717) is 5.82 Å². The van der Waals surface area contributed by atoms with Gasteiger partial charge in [-0.1, -0.05) is 11.6 Å². The molecule has 15 heavy (non-hydrogen) atoms. The smallest absolute Gasteiger partial charge is 0.198 e. The number of aromatic nitrogens is 2. The maximum absolute atomic E-state index is 8.88. The van der Waals surface area contributed by atoms with Crippen molar-refractivity contribution in [2.75, 3.05) is 25.6 Å². The van der Waals surface area contributed by atoms with E-state index in [-0.39, 0.29) is 24.1 Å². The molecule has 0 aliphatic carbocycles. The van der Waals surface area contributed by atoms with Crippen LogP contribution in [-0.2, 0) is 0 Å². The second-order valence-electron chi connectivity index (χ2n) is 2.75. The van der Waals surface area contributed by atoms with E-state index in [9.17, 15) is 0 Å². The first kappa shape index (κ1) is 12.0. The van der Waals surface area contributed by atoms with Crippen LogP contribution in [0.25, 0.3) is 0 Å². The minimum atomic E-state index is -0.509. The number of hydrogen-bond acceptors (Lipinski definition) is 6. The SMILES string of the molecule is COc1c(Cl)ncnc1NC(CO)CO. The number of ether oxygens (including phenoxy) is 1. The highest BCUT2D eigenvalue weighted by molar-refractivity contribution is 6.31. The molecule has 1 aromatic heterocycles. The molecule has 0 radical (unpaired) electrons. The van der Waals surface area contributed by atoms with Gasteiger partial charge in [-0.25, -0.2) is 9.97 Å². The van der Waals surface area contributed by atoms with E-state index in [1.165, 1.54) is 13.4 Å². The van der Waals surface area contributed by atoms with E-state index >= 15 is 0 Å². The second-order valence-corrected chi connectivity index (χ2v) is 3.11. The summed E-state index contributed by atoms with van der Waals surface area (Å²) in [5.74, 6) is 0.622. The van der Waals surface area contributed by atoms with Crippen molar-refractivity contribution in [3.8, 4) is 5.75 Å². The van der Waals surface area contributed by atoms with Crippen LogP contribution in [0.4, 0.5) is 5.82 Å². The minimum Gasteiger partial charge on any atom is -0.490 e. The van der Waals surface area contributed by atoms with Gasteiger partial charge in [0, 0.05) is 0 Å². The molecule has 84 valence electrons. The number of nitrogens with one attached hydrogen (secondary N) is 1. The molecule has 1 rings (SSSR count). The Morgan fingerprint density at radius 1 is 1.47 bits per heavy atom. The zero-order valence-corrected chi connectivity index (χ0v) is 8.90. The number of aliphatic hydroxyl groups is 2. The third kappa shape index (κ3) is 2.92. The molecule has 0 atom stereocenters. The molecule has 6 nitrogen and oxygen atoms in total. The van der Waals surface area contributed by atoms with E-state index in [4.69, 9.17) is 26.6 Å². The van der Waals surface area contributed by atoms with Crippen molar-refractivity contribution in [1.82, 2.24) is 9.97 Å². The summed E-state index contributed by atoms with van der Waals surface area (Å²) in [6.07, 6.45) is 1.26. The van der Waals surface area contributed by atoms with Crippen LogP contribution in [0, 0.1) is 0 Å². The lowest BCUT2D eigenvalue weighted by atomic mass is 10.3. The van der Waals surface area contributed by atoms with Gasteiger partial charge in [0.25, 0.3) is 0 Å². The highest BCUT2D eigenvalue weighted by Crippen LogP contribution is 2.28. The highest BCUT2D eigenvalue weighted by Gasteiger charge is 2.13. The minimum absolute atomic E-state index is 0.171. The van der Waals surface area contributed by atoms with Crippen molar-refractivity contribution in [2.24, 2.45) is 0 Å². The number of aliphatic hydroxyl groups excluding tert-OH is 2. The molecule has 0 unspecified atom stereocenters. The Balaban J connectivity index is 2.88. The highest BCUT2D eigenvalue weighted by atomic mass is 35.5. The van der Waals surface area contributed by atoms with Crippen LogP contribution in [0.15, 0.2) is 6.33 Å². The van der Waals surface area contributed by atoms with E-state index in [2.05, 4.69) is 15.3 Å². The van der Waals surface area contributed by atoms with E-state index in [0.717, 1.165) is 0 Å². The third-order valence-electron chi connectivity index (χ3n) is 1.75. The van der Waals surface area contributed by atoms with Gasteiger partial charge in [0.2, 0.25) is 0 Å². The molecular formula is C8H12ClN3O3. The molecule has 0 bridgehead atoms. The fourth-order valence-corrected chi connectivity index (χ4v) is 1.19. The first-order valence-corrected chi connectivity index (χ1v) is 4.63. The van der Waals surface area contributed by atoms with Crippen molar-refractivity contribution < 1.29 is 14.9 Å². The Bertz CT molecular complexity index is 320. The molecular weight excluding hydrogens is 222 g/mol. The summed E-state index contributed by atoms with van der Waals surface area (Å²) in [7, 11) is 1.43. The number of methoxy groups -OCH3 is 1. The fourth-order valence-electron chi connectivity index (χ4n) is 0.978. The molecule has 0 aliphatic heterocycles. The van der Waals surface area contributed by atoms with Gasteiger partial charge in [-0.05, 0) is 0 Å². The van der Waals surface area contributed by atoms with Crippen LogP contribution in [0.2, 0.25) is 5.15 Å². The lowest BCUT2D eigenvalue weighted by Crippen LogP contribution is -2.28. The molecule has 0 aliphatic rings. The van der Waals surface area contributed by atoms with Gasteiger partial charge in [0.05, 0.1) is 26.4 Å². The summed E-state index contributed by atoms with van der Waals surface area (Å²) >= 11 is 5.76. The quantitative estimate of drug-likeness (QED) is 0.616. The largest absolute Gasteiger partial charge is 0.490 e. The summed E-state index contributed by atoms with van der Waals surface area (Å²) in [6, 6.07) is -0.509. The average Bonchev–Trinajstić information content (AvgIpc) is 2.26. The molecule has 0 spiro atoms. The topological polar surface area (TPSA) is 87.5 Å². The number of hydrogen-bond donors (Lipinski definition) is 3. The Labute approximate surface area is 91.9 Å². The van der Waals surface area contributed by atoms with Gasteiger partial charge in [0.1, 0.15) is 6.33 Å². The van der Waals surface area contributed by atoms with Crippen molar-refractivity contribution in [3.05, 3.63) is 11.5 Å². The lowest BCUT2D eigenvalue weighted by molar-refractivity contribution is 0.203. The maximum Gasteiger partial charge on any atom is 0.198 e. The van der Waals surface area contributed by atoms with E-state index in [1.807, 2.05) is 0 Å². The van der Waals surface area contributed by atoms with Gasteiger partial charge >= 0.3 is 0 Å². The lowest BCUT2D eigenvalue weighted by Gasteiger charge is -2.16. The molecule has 1 heterocycles. The molecule has 1 aromatic rings. The van der Waals surface area contributed by atoms with E-state index < -0.39 is 6.04 Å². The first-order valence-electron chi connectivity index (χ1n) is 4.25. The summed E-state index contributed by atoms with van der Waals surface area (Å²) in [5, 5.41) is 20.7. The Kier molecular flexibility index (Phi) is 4.54. The summed E-state index contributed by atoms with van der Waals surface area (Å²) < 4.78 is 4.98. The number of rotatable bonds is 5. The molecule has 0 amide bonds. The number of anilines is 1. The monoisotopic (exact) mass is 233 g/mol. The van der Waals surface area contributed by atoms with Gasteiger partial charge in [-0.3, -0.25) is 0 Å². The second kappa shape index (κ2) is 5.69. The molecule has 0 fully saturated rings. The molecule has 7 heteroatoms. The van der Waals surface area contributed by atoms with Crippen LogP contribution in [0.5, 0.6) is 5.75 Å². The number of halogens is 1. The van der Waals surface area contributed by atoms with Gasteiger partial charge in [0.15, 0.2) is 16.7 Å². The van der Waals surface area contributed by atoms with Gasteiger partial charge in [-0.2, -0.15) is 0 Å². The Morgan fingerprint density at radius 2 is 2.13 bits per heavy atom. The fraction of sp³-hybridized carbons (Fsp3) is 0.500. The summed E-state index contributed by atoms with van der Waals surface area (Å²) in [6.45, 7) is -0.442. The molecule has 3 N–H and O–H groups in total. The third-order valence-corrected chi connectivity index (χ3v) is 2.02. The zero-order valence-electron chi connectivity index (χ0n) is 8.14. The Morgan fingerprint density at radius 3 is 2.67 bits per heavy atom. The Hall–Kier alpha value is -1.11. The van der Waals surface area contributed by atoms with Crippen molar-refractivity contribution in [1.29, 1.82) is 0 Å². The van der Waals surface area contributed by atoms with Crippen LogP contribution in [-0.4, -0.2) is 46.5 Å². The van der Waals surface area contributed by atoms with Crippen molar-refractivity contribution >= 4 is 17.4 Å². The van der Waals surface area contributed by atoms with Crippen LogP contribution < -0.4 is 10.1 Å². The summed E-state index contributed by atoms with van der Waals surface area (Å²) in [4.78, 5) is 7.63. The maximum atomic E-state index is 8.88. The standard InChI is InChI=1S/C8H12ClN3O3/c1-15-6-7(9)10-4-11-8(6)12-5(2-13)3-14/h4-5,13-14H,2-3H2,1H3,(H,10,11,12). The van der Waals surface area contributed by atoms with Crippen LogP contribution >= 0.6 is 11.6 Å². The van der Waals surface area contributed by atoms with Crippen molar-refractivity contribution in [2.45, 2.75) is 6.04 Å². The normalized spacial score (nSPS) is 10.5. The van der Waals surface area contributed by atoms with Gasteiger partial charge < -0.3 is 20.3 Å². The number of nitrogens with zero attached hydrogens (tertiary/aromatic N) is 2. The van der Waals surface area contributed by atoms with Crippen LogP contribution in [0.1, 0.15) is 0 Å². The molecule has 0 saturated heterocycles. The first-order chi connectivity index (χ1) is 7.22. The van der Waals surface area contributed by atoms with Crippen molar-refractivity contribution in [3.63, 3.8) is 0 Å². The zero-order chi connectivity index (χ0) is 11.3. The van der Waals surface area contributed by atoms with Crippen LogP contribution in [0.3, 0.4) is 0 Å². The summed E-state index contributed by atoms with van der Waals surface area (Å²) in [5.41, 5.74) is 0. The molecule has 0 saturated carbocycles. The van der Waals surface area contributed by atoms with Gasteiger partial charge in [-0.15, -0.1) is 0 Å². The average molecular weight is 234 g/mol. The molecule has 0 aromatic carbocycles. The van der Waals surface area contributed by atoms with E-state index in [1.54, 1.807) is 0 Å². The predicted octanol–water partition coefficient (Wildman–Crippen LogP) is -0.0963. The predicted molar refractivity (Wildman–Crippen MR) is 55.2 cm³/mol.